The number of benzene rings is 3. The van der Waals surface area contributed by atoms with Crippen molar-refractivity contribution >= 4 is 68.9 Å². The molecular weight excluding hydrogens is 440 g/mol. The molecule has 0 fully saturated rings. The van der Waals surface area contributed by atoms with Crippen LogP contribution in [0.5, 0.6) is 0 Å². The lowest BCUT2D eigenvalue weighted by Gasteiger charge is -2.13. The van der Waals surface area contributed by atoms with E-state index in [9.17, 15) is 0 Å². The van der Waals surface area contributed by atoms with Gasteiger partial charge in [0.05, 0.1) is 11.0 Å². The lowest BCUT2D eigenvalue weighted by molar-refractivity contribution is 1.28. The fraction of sp³-hybridized carbons (Fsp3) is 0. The molecule has 27 heavy (non-hydrogen) atoms. The quantitative estimate of drug-likeness (QED) is 0.236. The molecule has 1 heterocycles. The van der Waals surface area contributed by atoms with Gasteiger partial charge in [0.2, 0.25) is 0 Å². The zero-order chi connectivity index (χ0) is 18.6. The first-order valence-electron chi connectivity index (χ1n) is 8.19. The molecule has 0 amide bonds. The van der Waals surface area contributed by atoms with Crippen LogP contribution in [0.3, 0.4) is 0 Å². The summed E-state index contributed by atoms with van der Waals surface area (Å²) in [5.41, 5.74) is 2.58. The van der Waals surface area contributed by atoms with Gasteiger partial charge in [0.1, 0.15) is 0 Å². The van der Waals surface area contributed by atoms with Crippen LogP contribution in [0.2, 0.25) is 0 Å². The number of nitrogens with zero attached hydrogens (tertiary/aromatic N) is 2. The first-order valence-corrected chi connectivity index (χ1v) is 10.2. The number of hydrogen-bond donors (Lipinski definition) is 3. The highest BCUT2D eigenvalue weighted by Crippen LogP contribution is 2.29. The Morgan fingerprint density at radius 1 is 0.815 bits per heavy atom. The van der Waals surface area contributed by atoms with Gasteiger partial charge in [-0.05, 0) is 66.5 Å². The fourth-order valence-electron chi connectivity index (χ4n) is 2.49. The number of para-hydroxylation sites is 2. The van der Waals surface area contributed by atoms with Crippen molar-refractivity contribution in [2.75, 3.05) is 10.0 Å². The molecule has 0 aliphatic carbocycles. The summed E-state index contributed by atoms with van der Waals surface area (Å²) in [6.07, 6.45) is 0. The number of rotatable bonds is 5. The van der Waals surface area contributed by atoms with E-state index >= 15 is 0 Å². The average Bonchev–Trinajstić information content (AvgIpc) is 2.67. The van der Waals surface area contributed by atoms with E-state index in [1.807, 2.05) is 72.8 Å². The van der Waals surface area contributed by atoms with Gasteiger partial charge >= 0.3 is 0 Å². The van der Waals surface area contributed by atoms with Gasteiger partial charge < -0.3 is 10.0 Å². The molecule has 0 aliphatic rings. The number of halogens is 1. The molecule has 4 nitrogen and oxygen atoms in total. The van der Waals surface area contributed by atoms with Gasteiger partial charge in [-0.2, -0.15) is 0 Å². The molecule has 0 radical (unpaired) electrons. The molecule has 0 saturated heterocycles. The third kappa shape index (κ3) is 4.55. The zero-order valence-corrected chi connectivity index (χ0v) is 17.4. The SMILES string of the molecule is Sc1cccc(Nc2nc3ccccc3nc2NSc2ccc(Br)cc2)c1. The van der Waals surface area contributed by atoms with Crippen LogP contribution in [-0.4, -0.2) is 9.97 Å². The maximum Gasteiger partial charge on any atom is 0.180 e. The summed E-state index contributed by atoms with van der Waals surface area (Å²) in [6, 6.07) is 23.7. The van der Waals surface area contributed by atoms with Crippen molar-refractivity contribution < 1.29 is 0 Å². The molecule has 0 aliphatic heterocycles. The predicted molar refractivity (Wildman–Crippen MR) is 120 cm³/mol. The Balaban J connectivity index is 1.67. The minimum Gasteiger partial charge on any atom is -0.337 e. The van der Waals surface area contributed by atoms with E-state index in [0.717, 1.165) is 31.0 Å². The second-order valence-electron chi connectivity index (χ2n) is 5.74. The summed E-state index contributed by atoms with van der Waals surface area (Å²) in [7, 11) is 0. The predicted octanol–water partition coefficient (Wildman–Crippen LogP) is 6.54. The van der Waals surface area contributed by atoms with Crippen molar-refractivity contribution in [3.8, 4) is 0 Å². The molecule has 4 aromatic rings. The van der Waals surface area contributed by atoms with Crippen LogP contribution in [0.15, 0.2) is 87.1 Å². The molecule has 1 aromatic heterocycles. The Hall–Kier alpha value is -2.22. The van der Waals surface area contributed by atoms with Crippen molar-refractivity contribution in [3.63, 3.8) is 0 Å². The number of nitrogens with one attached hydrogen (secondary N) is 2. The third-order valence-electron chi connectivity index (χ3n) is 3.76. The highest BCUT2D eigenvalue weighted by atomic mass is 79.9. The zero-order valence-electron chi connectivity index (χ0n) is 14.1. The summed E-state index contributed by atoms with van der Waals surface area (Å²) >= 11 is 9.35. The Morgan fingerprint density at radius 2 is 1.52 bits per heavy atom. The molecule has 2 N–H and O–H groups in total. The Labute approximate surface area is 175 Å². The Morgan fingerprint density at radius 3 is 2.22 bits per heavy atom. The monoisotopic (exact) mass is 454 g/mol. The highest BCUT2D eigenvalue weighted by molar-refractivity contribution is 9.10. The maximum atomic E-state index is 4.74. The van der Waals surface area contributed by atoms with Crippen LogP contribution in [0.25, 0.3) is 11.0 Å². The summed E-state index contributed by atoms with van der Waals surface area (Å²) in [6.45, 7) is 0. The molecule has 0 saturated carbocycles. The summed E-state index contributed by atoms with van der Waals surface area (Å²) in [4.78, 5) is 11.4. The number of hydrogen-bond acceptors (Lipinski definition) is 6. The van der Waals surface area contributed by atoms with Gasteiger partial charge in [0.15, 0.2) is 11.6 Å². The van der Waals surface area contributed by atoms with Crippen LogP contribution < -0.4 is 10.0 Å². The van der Waals surface area contributed by atoms with E-state index in [-0.39, 0.29) is 0 Å². The average molecular weight is 455 g/mol. The highest BCUT2D eigenvalue weighted by Gasteiger charge is 2.10. The molecule has 0 bridgehead atoms. The van der Waals surface area contributed by atoms with Gasteiger partial charge in [0, 0.05) is 20.0 Å². The van der Waals surface area contributed by atoms with E-state index in [2.05, 4.69) is 38.6 Å². The topological polar surface area (TPSA) is 49.8 Å². The molecule has 0 unspecified atom stereocenters. The summed E-state index contributed by atoms with van der Waals surface area (Å²) in [5.74, 6) is 1.34. The lowest BCUT2D eigenvalue weighted by atomic mass is 10.3. The van der Waals surface area contributed by atoms with Gasteiger partial charge in [-0.25, -0.2) is 9.97 Å². The van der Waals surface area contributed by atoms with Crippen molar-refractivity contribution in [3.05, 3.63) is 77.3 Å². The largest absolute Gasteiger partial charge is 0.337 e. The van der Waals surface area contributed by atoms with Crippen LogP contribution in [0.4, 0.5) is 17.3 Å². The molecule has 0 atom stereocenters. The molecule has 4 rings (SSSR count). The minimum absolute atomic E-state index is 0.664. The van der Waals surface area contributed by atoms with E-state index in [1.54, 1.807) is 0 Å². The Kier molecular flexibility index (Phi) is 5.52. The van der Waals surface area contributed by atoms with Gasteiger partial charge in [-0.15, -0.1) is 12.6 Å². The molecule has 0 spiro atoms. The number of fused-ring (bicyclic) bond motifs is 1. The van der Waals surface area contributed by atoms with E-state index in [1.165, 1.54) is 11.9 Å². The van der Waals surface area contributed by atoms with E-state index in [4.69, 9.17) is 9.97 Å². The summed E-state index contributed by atoms with van der Waals surface area (Å²) < 4.78 is 4.37. The van der Waals surface area contributed by atoms with Crippen molar-refractivity contribution in [2.45, 2.75) is 9.79 Å². The van der Waals surface area contributed by atoms with Crippen LogP contribution in [0, 0.1) is 0 Å². The van der Waals surface area contributed by atoms with Crippen LogP contribution >= 0.6 is 40.5 Å². The minimum atomic E-state index is 0.664. The number of aromatic nitrogens is 2. The lowest BCUT2D eigenvalue weighted by Crippen LogP contribution is -2.02. The number of anilines is 3. The van der Waals surface area contributed by atoms with Gasteiger partial charge in [0.25, 0.3) is 0 Å². The van der Waals surface area contributed by atoms with E-state index in [0.29, 0.717) is 11.6 Å². The Bertz CT molecular complexity index is 1090. The molecule has 3 aromatic carbocycles. The van der Waals surface area contributed by atoms with Crippen molar-refractivity contribution in [1.29, 1.82) is 0 Å². The number of thiol groups is 1. The van der Waals surface area contributed by atoms with Crippen LogP contribution in [0.1, 0.15) is 0 Å². The fourth-order valence-corrected chi connectivity index (χ4v) is 3.61. The molecule has 7 heteroatoms. The molecule has 134 valence electrons. The second-order valence-corrected chi connectivity index (χ2v) is 8.05. The van der Waals surface area contributed by atoms with Gasteiger partial charge in [-0.1, -0.05) is 34.1 Å². The smallest absolute Gasteiger partial charge is 0.180 e. The van der Waals surface area contributed by atoms with E-state index < -0.39 is 0 Å². The normalized spacial score (nSPS) is 10.7. The summed E-state index contributed by atoms with van der Waals surface area (Å²) in [5, 5.41) is 3.35. The third-order valence-corrected chi connectivity index (χ3v) is 5.37. The maximum absolute atomic E-state index is 4.74. The van der Waals surface area contributed by atoms with Crippen molar-refractivity contribution in [2.24, 2.45) is 0 Å². The standard InChI is InChI=1S/C20H15BrN4S2/c21-13-8-10-16(11-9-13)27-25-20-19(22-14-4-3-5-15(26)12-14)23-17-6-1-2-7-18(17)24-20/h1-12,26H,(H,22,23)(H,24,25). The van der Waals surface area contributed by atoms with Crippen molar-refractivity contribution in [1.82, 2.24) is 9.97 Å². The first kappa shape index (κ1) is 18.2. The molecular formula is C20H15BrN4S2. The first-order chi connectivity index (χ1) is 13.2. The van der Waals surface area contributed by atoms with Crippen LogP contribution in [-0.2, 0) is 0 Å². The second kappa shape index (κ2) is 8.21. The van der Waals surface area contributed by atoms with Gasteiger partial charge in [-0.3, -0.25) is 0 Å².